The number of fused-ring (bicyclic) bond motifs is 2. The van der Waals surface area contributed by atoms with Crippen molar-refractivity contribution in [3.8, 4) is 0 Å². The Morgan fingerprint density at radius 2 is 2.08 bits per heavy atom. The summed E-state index contributed by atoms with van der Waals surface area (Å²) in [4.78, 5) is 8.90. The van der Waals surface area contributed by atoms with Gasteiger partial charge in [-0.25, -0.2) is 10.1 Å². The summed E-state index contributed by atoms with van der Waals surface area (Å²) in [7, 11) is -3.77. The highest BCUT2D eigenvalue weighted by Crippen LogP contribution is 2.55. The van der Waals surface area contributed by atoms with E-state index >= 15 is 0 Å². The Labute approximate surface area is 71.7 Å². The van der Waals surface area contributed by atoms with E-state index in [0.29, 0.717) is 5.92 Å². The molecule has 0 heterocycles. The van der Waals surface area contributed by atoms with Crippen LogP contribution in [0.5, 0.6) is 0 Å². The van der Waals surface area contributed by atoms with Crippen LogP contribution in [0.3, 0.4) is 0 Å². The van der Waals surface area contributed by atoms with Crippen molar-refractivity contribution >= 4 is 7.75 Å². The summed E-state index contributed by atoms with van der Waals surface area (Å²) >= 11 is 0. The molecule has 0 aliphatic heterocycles. The summed E-state index contributed by atoms with van der Waals surface area (Å²) in [6, 6.07) is 0. The summed E-state index contributed by atoms with van der Waals surface area (Å²) in [5.41, 5.74) is 4.64. The minimum atomic E-state index is -3.77. The average molecular weight is 191 g/mol. The SMILES string of the molecule is NP(=O)(O)OC12CCC(CC1)C2. The highest BCUT2D eigenvalue weighted by atomic mass is 31.2. The monoisotopic (exact) mass is 191 g/mol. The number of hydrogen-bond acceptors (Lipinski definition) is 2. The molecule has 70 valence electrons. The molecule has 1 unspecified atom stereocenters. The van der Waals surface area contributed by atoms with E-state index in [1.807, 2.05) is 0 Å². The van der Waals surface area contributed by atoms with E-state index in [0.717, 1.165) is 32.1 Å². The summed E-state index contributed by atoms with van der Waals surface area (Å²) < 4.78 is 15.9. The highest BCUT2D eigenvalue weighted by molar-refractivity contribution is 7.50. The molecule has 0 saturated heterocycles. The molecule has 4 nitrogen and oxygen atoms in total. The van der Waals surface area contributed by atoms with Crippen molar-refractivity contribution < 1.29 is 14.0 Å². The van der Waals surface area contributed by atoms with Crippen LogP contribution in [0.4, 0.5) is 0 Å². The molecule has 0 radical (unpaired) electrons. The highest BCUT2D eigenvalue weighted by Gasteiger charge is 2.48. The second-order valence-electron chi connectivity index (χ2n) is 3.99. The van der Waals surface area contributed by atoms with Crippen LogP contribution in [-0.2, 0) is 9.09 Å². The molecule has 0 aromatic carbocycles. The predicted molar refractivity (Wildman–Crippen MR) is 44.4 cm³/mol. The van der Waals surface area contributed by atoms with E-state index in [4.69, 9.17) is 14.9 Å². The average Bonchev–Trinajstić information content (AvgIpc) is 2.40. The first kappa shape index (κ1) is 8.70. The van der Waals surface area contributed by atoms with Crippen LogP contribution in [0.15, 0.2) is 0 Å². The van der Waals surface area contributed by atoms with E-state index in [-0.39, 0.29) is 5.60 Å². The van der Waals surface area contributed by atoms with Gasteiger partial charge < -0.3 is 4.89 Å². The Balaban J connectivity index is 2.08. The van der Waals surface area contributed by atoms with Gasteiger partial charge in [-0.1, -0.05) is 0 Å². The Bertz CT molecular complexity index is 229. The van der Waals surface area contributed by atoms with Crippen molar-refractivity contribution in [2.75, 3.05) is 0 Å². The van der Waals surface area contributed by atoms with Gasteiger partial charge in [-0.15, -0.1) is 0 Å². The summed E-state index contributed by atoms with van der Waals surface area (Å²) in [5, 5.41) is 0. The number of rotatable bonds is 2. The van der Waals surface area contributed by atoms with Crippen LogP contribution in [-0.4, -0.2) is 10.5 Å². The maximum Gasteiger partial charge on any atom is 0.400 e. The van der Waals surface area contributed by atoms with Gasteiger partial charge in [0.2, 0.25) is 0 Å². The Morgan fingerprint density at radius 3 is 2.42 bits per heavy atom. The van der Waals surface area contributed by atoms with Crippen LogP contribution in [0.1, 0.15) is 32.1 Å². The quantitative estimate of drug-likeness (QED) is 0.647. The molecule has 3 N–H and O–H groups in total. The fourth-order valence-electron chi connectivity index (χ4n) is 2.54. The summed E-state index contributed by atoms with van der Waals surface area (Å²) in [6.07, 6.45) is 4.98. The van der Waals surface area contributed by atoms with Crippen LogP contribution >= 0.6 is 7.75 Å². The van der Waals surface area contributed by atoms with Gasteiger partial charge in [-0.3, -0.25) is 4.52 Å². The van der Waals surface area contributed by atoms with Crippen molar-refractivity contribution in [1.82, 2.24) is 0 Å². The predicted octanol–water partition coefficient (Wildman–Crippen LogP) is 1.39. The van der Waals surface area contributed by atoms with E-state index in [2.05, 4.69) is 0 Å². The fraction of sp³-hybridized carbons (Fsp3) is 1.00. The molecule has 0 aromatic heterocycles. The minimum Gasteiger partial charge on any atom is -0.313 e. The smallest absolute Gasteiger partial charge is 0.313 e. The zero-order valence-corrected chi connectivity index (χ0v) is 7.80. The largest absolute Gasteiger partial charge is 0.400 e. The lowest BCUT2D eigenvalue weighted by molar-refractivity contribution is 0.0661. The standard InChI is InChI=1S/C7H14NO3P/c8-12(9,10)11-7-3-1-6(5-7)2-4-7/h6H,1-5H2,(H3,8,9,10). The van der Waals surface area contributed by atoms with E-state index in [9.17, 15) is 4.57 Å². The van der Waals surface area contributed by atoms with Gasteiger partial charge in [0, 0.05) is 0 Å². The van der Waals surface area contributed by atoms with Crippen molar-refractivity contribution in [3.05, 3.63) is 0 Å². The molecule has 2 rings (SSSR count). The lowest BCUT2D eigenvalue weighted by Crippen LogP contribution is -2.26. The summed E-state index contributed by atoms with van der Waals surface area (Å²) in [6.45, 7) is 0. The van der Waals surface area contributed by atoms with Gasteiger partial charge >= 0.3 is 7.75 Å². The van der Waals surface area contributed by atoms with Crippen molar-refractivity contribution in [2.45, 2.75) is 37.7 Å². The number of nitrogens with two attached hydrogens (primary N) is 1. The molecule has 2 fully saturated rings. The molecule has 2 aliphatic carbocycles. The molecule has 5 heteroatoms. The third-order valence-corrected chi connectivity index (χ3v) is 3.65. The first-order valence-electron chi connectivity index (χ1n) is 4.31. The molecule has 2 aliphatic rings. The first-order chi connectivity index (χ1) is 5.49. The fourth-order valence-corrected chi connectivity index (χ4v) is 3.36. The van der Waals surface area contributed by atoms with Crippen molar-refractivity contribution in [1.29, 1.82) is 0 Å². The zero-order valence-electron chi connectivity index (χ0n) is 6.90. The first-order valence-corrected chi connectivity index (χ1v) is 5.96. The minimum absolute atomic E-state index is 0.344. The van der Waals surface area contributed by atoms with E-state index in [1.165, 1.54) is 0 Å². The molecule has 12 heavy (non-hydrogen) atoms. The second kappa shape index (κ2) is 2.55. The van der Waals surface area contributed by atoms with Crippen LogP contribution < -0.4 is 5.50 Å². The maximum absolute atomic E-state index is 10.9. The molecule has 0 aromatic rings. The topological polar surface area (TPSA) is 72.6 Å². The van der Waals surface area contributed by atoms with Gasteiger partial charge in [-0.2, -0.15) is 0 Å². The molecular weight excluding hydrogens is 177 g/mol. The molecule has 0 amide bonds. The van der Waals surface area contributed by atoms with Gasteiger partial charge in [0.1, 0.15) is 0 Å². The Kier molecular flexibility index (Phi) is 1.85. The van der Waals surface area contributed by atoms with Crippen LogP contribution in [0.25, 0.3) is 0 Å². The normalized spacial score (nSPS) is 44.7. The Hall–Kier alpha value is 0.110. The molecule has 1 atom stereocenters. The molecule has 0 spiro atoms. The second-order valence-corrected chi connectivity index (χ2v) is 5.30. The molecule has 2 saturated carbocycles. The van der Waals surface area contributed by atoms with Gasteiger partial charge in [-0.05, 0) is 38.0 Å². The van der Waals surface area contributed by atoms with Gasteiger partial charge in [0.05, 0.1) is 5.60 Å². The maximum atomic E-state index is 10.9. The lowest BCUT2D eigenvalue weighted by atomic mass is 9.98. The zero-order chi connectivity index (χ0) is 8.82. The van der Waals surface area contributed by atoms with Crippen LogP contribution in [0, 0.1) is 5.92 Å². The van der Waals surface area contributed by atoms with E-state index < -0.39 is 7.75 Å². The van der Waals surface area contributed by atoms with Crippen LogP contribution in [0.2, 0.25) is 0 Å². The summed E-state index contributed by atoms with van der Waals surface area (Å²) in [5.74, 6) is 0.705. The molecule has 2 bridgehead atoms. The Morgan fingerprint density at radius 1 is 1.50 bits per heavy atom. The van der Waals surface area contributed by atoms with Crippen molar-refractivity contribution in [3.63, 3.8) is 0 Å². The van der Waals surface area contributed by atoms with Gasteiger partial charge in [0.25, 0.3) is 0 Å². The molecular formula is C7H14NO3P. The third kappa shape index (κ3) is 1.57. The lowest BCUT2D eigenvalue weighted by Gasteiger charge is -2.27. The van der Waals surface area contributed by atoms with Crippen molar-refractivity contribution in [2.24, 2.45) is 11.4 Å². The van der Waals surface area contributed by atoms with Gasteiger partial charge in [0.15, 0.2) is 0 Å². The van der Waals surface area contributed by atoms with E-state index in [1.54, 1.807) is 0 Å². The third-order valence-electron chi connectivity index (χ3n) is 3.00. The number of hydrogen-bond donors (Lipinski definition) is 2.